The molecular weight excluding hydrogens is 568 g/mol. The van der Waals surface area contributed by atoms with Crippen molar-refractivity contribution in [2.24, 2.45) is 5.10 Å². The number of aryl methyl sites for hydroxylation is 1. The number of hydrogen-bond donors (Lipinski definition) is 2. The number of hydrogen-bond acceptors (Lipinski definition) is 7. The highest BCUT2D eigenvalue weighted by Crippen LogP contribution is 2.32. The molecule has 4 aromatic carbocycles. The molecule has 2 amide bonds. The summed E-state index contributed by atoms with van der Waals surface area (Å²) in [6.07, 6.45) is 1.41. The van der Waals surface area contributed by atoms with Crippen LogP contribution in [0.25, 0.3) is 0 Å². The maximum atomic E-state index is 13.7. The molecule has 0 spiro atoms. The lowest BCUT2D eigenvalue weighted by Gasteiger charge is -2.25. The molecule has 0 aliphatic rings. The number of carbonyl (C=O) groups is 2. The fourth-order valence-electron chi connectivity index (χ4n) is 3.94. The maximum Gasteiger partial charge on any atom is 0.264 e. The van der Waals surface area contributed by atoms with Crippen LogP contribution in [0.3, 0.4) is 0 Å². The topological polar surface area (TPSA) is 126 Å². The summed E-state index contributed by atoms with van der Waals surface area (Å²) >= 11 is 0. The van der Waals surface area contributed by atoms with Crippen molar-refractivity contribution in [3.63, 3.8) is 0 Å². The van der Waals surface area contributed by atoms with Crippen molar-refractivity contribution in [1.82, 2.24) is 5.43 Å². The summed E-state index contributed by atoms with van der Waals surface area (Å²) in [6, 6.07) is 28.8. The van der Waals surface area contributed by atoms with E-state index >= 15 is 0 Å². The van der Waals surface area contributed by atoms with E-state index in [9.17, 15) is 18.0 Å². The third-order valence-electron chi connectivity index (χ3n) is 6.04. The molecule has 43 heavy (non-hydrogen) atoms. The highest BCUT2D eigenvalue weighted by Gasteiger charge is 2.29. The van der Waals surface area contributed by atoms with E-state index in [1.54, 1.807) is 79.7 Å². The number of amides is 2. The number of sulfonamides is 1. The third kappa shape index (κ3) is 8.66. The second-order valence-corrected chi connectivity index (χ2v) is 11.2. The van der Waals surface area contributed by atoms with Gasteiger partial charge >= 0.3 is 0 Å². The average Bonchev–Trinajstić information content (AvgIpc) is 3.01. The molecule has 0 bridgehead atoms. The standard InChI is InChI=1S/C32H32N4O6S/c1-3-41-30-12-8-7-11-29(30)36(43(39,40)28-19-13-24(2)14-20-28)22-31(37)35-33-21-25-15-17-27(18-16-25)42-23-32(38)34-26-9-5-4-6-10-26/h4-21H,3,22-23H2,1-2H3,(H,34,38)(H,35,37)/b33-21-. The van der Waals surface area contributed by atoms with E-state index in [1.165, 1.54) is 18.3 Å². The SMILES string of the molecule is CCOc1ccccc1N(CC(=O)N/N=C\c1ccc(OCC(=O)Nc2ccccc2)cc1)S(=O)(=O)c1ccc(C)cc1. The molecule has 222 valence electrons. The van der Waals surface area contributed by atoms with Gasteiger partial charge in [-0.05, 0) is 80.1 Å². The molecule has 0 aliphatic carbocycles. The quantitative estimate of drug-likeness (QED) is 0.168. The van der Waals surface area contributed by atoms with Crippen LogP contribution in [-0.4, -0.2) is 46.2 Å². The molecule has 2 N–H and O–H groups in total. The number of para-hydroxylation sites is 3. The van der Waals surface area contributed by atoms with Crippen molar-refractivity contribution in [3.05, 3.63) is 114 Å². The molecule has 4 aromatic rings. The first-order valence-electron chi connectivity index (χ1n) is 13.5. The van der Waals surface area contributed by atoms with Crippen molar-refractivity contribution in [2.75, 3.05) is 29.4 Å². The van der Waals surface area contributed by atoms with Crippen LogP contribution in [0, 0.1) is 6.92 Å². The molecule has 0 heterocycles. The van der Waals surface area contributed by atoms with Crippen LogP contribution in [0.4, 0.5) is 11.4 Å². The van der Waals surface area contributed by atoms with Crippen molar-refractivity contribution in [1.29, 1.82) is 0 Å². The van der Waals surface area contributed by atoms with Crippen LogP contribution >= 0.6 is 0 Å². The number of nitrogens with zero attached hydrogens (tertiary/aromatic N) is 2. The van der Waals surface area contributed by atoms with Gasteiger partial charge in [0.15, 0.2) is 6.61 Å². The Balaban J connectivity index is 1.39. The minimum absolute atomic E-state index is 0.0422. The summed E-state index contributed by atoms with van der Waals surface area (Å²) in [5, 5.41) is 6.72. The van der Waals surface area contributed by atoms with Gasteiger partial charge in [-0.25, -0.2) is 13.8 Å². The van der Waals surface area contributed by atoms with Gasteiger partial charge in [0.25, 0.3) is 21.8 Å². The van der Waals surface area contributed by atoms with Gasteiger partial charge in [-0.2, -0.15) is 5.10 Å². The van der Waals surface area contributed by atoms with Crippen LogP contribution in [0.15, 0.2) is 113 Å². The van der Waals surface area contributed by atoms with Gasteiger partial charge in [0, 0.05) is 5.69 Å². The Morgan fingerprint density at radius 2 is 1.51 bits per heavy atom. The highest BCUT2D eigenvalue weighted by atomic mass is 32.2. The molecule has 0 saturated heterocycles. The normalized spacial score (nSPS) is 11.1. The van der Waals surface area contributed by atoms with Crippen LogP contribution in [0.2, 0.25) is 0 Å². The van der Waals surface area contributed by atoms with E-state index < -0.39 is 22.5 Å². The van der Waals surface area contributed by atoms with Gasteiger partial charge in [-0.15, -0.1) is 0 Å². The fraction of sp³-hybridized carbons (Fsp3) is 0.156. The zero-order valence-corrected chi connectivity index (χ0v) is 24.6. The predicted molar refractivity (Wildman–Crippen MR) is 166 cm³/mol. The van der Waals surface area contributed by atoms with Crippen LogP contribution in [0.5, 0.6) is 11.5 Å². The Hall–Kier alpha value is -5.16. The zero-order chi connectivity index (χ0) is 30.7. The van der Waals surface area contributed by atoms with Crippen LogP contribution in [-0.2, 0) is 19.6 Å². The van der Waals surface area contributed by atoms with Crippen molar-refractivity contribution >= 4 is 39.4 Å². The monoisotopic (exact) mass is 600 g/mol. The van der Waals surface area contributed by atoms with E-state index in [1.807, 2.05) is 25.1 Å². The summed E-state index contributed by atoms with van der Waals surface area (Å²) in [6.45, 7) is 3.27. The van der Waals surface area contributed by atoms with E-state index in [-0.39, 0.29) is 23.1 Å². The number of carbonyl (C=O) groups excluding carboxylic acids is 2. The maximum absolute atomic E-state index is 13.7. The summed E-state index contributed by atoms with van der Waals surface area (Å²) in [5.74, 6) is -0.129. The Morgan fingerprint density at radius 3 is 2.21 bits per heavy atom. The Kier molecular flexibility index (Phi) is 10.5. The third-order valence-corrected chi connectivity index (χ3v) is 7.81. The second-order valence-electron chi connectivity index (χ2n) is 9.29. The molecule has 11 heteroatoms. The molecule has 0 radical (unpaired) electrons. The largest absolute Gasteiger partial charge is 0.492 e. The van der Waals surface area contributed by atoms with Crippen LogP contribution in [0.1, 0.15) is 18.1 Å². The number of hydrazone groups is 1. The van der Waals surface area contributed by atoms with Gasteiger partial charge in [-0.3, -0.25) is 13.9 Å². The molecule has 4 rings (SSSR count). The van der Waals surface area contributed by atoms with Gasteiger partial charge in [0.05, 0.1) is 23.4 Å². The highest BCUT2D eigenvalue weighted by molar-refractivity contribution is 7.92. The van der Waals surface area contributed by atoms with Gasteiger partial charge in [-0.1, -0.05) is 48.0 Å². The molecule has 0 fully saturated rings. The Morgan fingerprint density at radius 1 is 0.837 bits per heavy atom. The Labute approximate surface area is 251 Å². The number of anilines is 2. The molecule has 0 unspecified atom stereocenters. The van der Waals surface area contributed by atoms with Gasteiger partial charge < -0.3 is 14.8 Å². The first-order chi connectivity index (χ1) is 20.8. The van der Waals surface area contributed by atoms with Gasteiger partial charge in [0.1, 0.15) is 18.0 Å². The lowest BCUT2D eigenvalue weighted by Crippen LogP contribution is -2.39. The van der Waals surface area contributed by atoms with Crippen molar-refractivity contribution in [2.45, 2.75) is 18.7 Å². The Bertz CT molecular complexity index is 1660. The summed E-state index contributed by atoms with van der Waals surface area (Å²) in [5.41, 5.74) is 4.85. The first-order valence-corrected chi connectivity index (χ1v) is 14.9. The number of nitrogens with one attached hydrogen (secondary N) is 2. The van der Waals surface area contributed by atoms with Crippen LogP contribution < -0.4 is 24.5 Å². The summed E-state index contributed by atoms with van der Waals surface area (Å²) in [7, 11) is -4.12. The second kappa shape index (κ2) is 14.6. The molecule has 0 aromatic heterocycles. The first kappa shape index (κ1) is 30.8. The molecule has 0 atom stereocenters. The van der Waals surface area contributed by atoms with Crippen molar-refractivity contribution < 1.29 is 27.5 Å². The molecule has 0 aliphatic heterocycles. The number of ether oxygens (including phenoxy) is 2. The minimum Gasteiger partial charge on any atom is -0.492 e. The smallest absolute Gasteiger partial charge is 0.264 e. The lowest BCUT2D eigenvalue weighted by atomic mass is 10.2. The summed E-state index contributed by atoms with van der Waals surface area (Å²) < 4.78 is 39.5. The fourth-order valence-corrected chi connectivity index (χ4v) is 5.37. The van der Waals surface area contributed by atoms with E-state index in [0.717, 1.165) is 9.87 Å². The van der Waals surface area contributed by atoms with E-state index in [2.05, 4.69) is 15.8 Å². The molecule has 10 nitrogen and oxygen atoms in total. The predicted octanol–water partition coefficient (Wildman–Crippen LogP) is 4.76. The molecular formula is C32H32N4O6S. The van der Waals surface area contributed by atoms with Crippen molar-refractivity contribution in [3.8, 4) is 11.5 Å². The summed E-state index contributed by atoms with van der Waals surface area (Å²) in [4.78, 5) is 25.1. The number of rotatable bonds is 13. The zero-order valence-electron chi connectivity index (χ0n) is 23.8. The van der Waals surface area contributed by atoms with Gasteiger partial charge in [0.2, 0.25) is 0 Å². The number of benzene rings is 4. The molecule has 0 saturated carbocycles. The average molecular weight is 601 g/mol. The van der Waals surface area contributed by atoms with E-state index in [0.29, 0.717) is 29.4 Å². The lowest BCUT2D eigenvalue weighted by molar-refractivity contribution is -0.119. The van der Waals surface area contributed by atoms with E-state index in [4.69, 9.17) is 9.47 Å². The minimum atomic E-state index is -4.12.